The molecule has 1 aromatic rings. The van der Waals surface area contributed by atoms with Gasteiger partial charge in [0.2, 0.25) is 10.0 Å². The van der Waals surface area contributed by atoms with Crippen molar-refractivity contribution in [3.8, 4) is 0 Å². The highest BCUT2D eigenvalue weighted by Crippen LogP contribution is 2.21. The van der Waals surface area contributed by atoms with E-state index in [2.05, 4.69) is 4.72 Å². The number of benzene rings is 1. The van der Waals surface area contributed by atoms with Crippen LogP contribution in [0.4, 0.5) is 5.69 Å². The summed E-state index contributed by atoms with van der Waals surface area (Å²) in [6, 6.07) is 5.68. The molecule has 0 spiro atoms. The smallest absolute Gasteiger partial charge is 0.273 e. The SMILES string of the molecule is CCC(C)(CO)NS(=O)(=O)Cc1ccccc1[N+](=O)[O-]. The van der Waals surface area contributed by atoms with Crippen LogP contribution >= 0.6 is 0 Å². The summed E-state index contributed by atoms with van der Waals surface area (Å²) in [6.45, 7) is 2.97. The zero-order valence-electron chi connectivity index (χ0n) is 11.4. The topological polar surface area (TPSA) is 110 Å². The molecule has 1 atom stereocenters. The third-order valence-electron chi connectivity index (χ3n) is 3.07. The second kappa shape index (κ2) is 6.29. The summed E-state index contributed by atoms with van der Waals surface area (Å²) in [7, 11) is -3.79. The molecule has 1 unspecified atom stereocenters. The molecule has 0 bridgehead atoms. The van der Waals surface area contributed by atoms with Crippen LogP contribution in [0.5, 0.6) is 0 Å². The molecule has 1 rings (SSSR count). The lowest BCUT2D eigenvalue weighted by Crippen LogP contribution is -2.48. The average Bonchev–Trinajstić information content (AvgIpc) is 2.37. The van der Waals surface area contributed by atoms with Crippen LogP contribution in [0.2, 0.25) is 0 Å². The first-order valence-corrected chi connectivity index (χ1v) is 7.73. The Morgan fingerprint density at radius 2 is 2.00 bits per heavy atom. The summed E-state index contributed by atoms with van der Waals surface area (Å²) in [4.78, 5) is 10.2. The average molecular weight is 302 g/mol. The Balaban J connectivity index is 3.01. The number of nitro benzene ring substituents is 1. The Kier molecular flexibility index (Phi) is 5.21. The van der Waals surface area contributed by atoms with E-state index in [9.17, 15) is 23.6 Å². The van der Waals surface area contributed by atoms with Crippen LogP contribution in [-0.2, 0) is 15.8 Å². The molecule has 1 aromatic carbocycles. The monoisotopic (exact) mass is 302 g/mol. The van der Waals surface area contributed by atoms with Gasteiger partial charge in [0.05, 0.1) is 22.8 Å². The second-order valence-corrected chi connectivity index (χ2v) is 6.54. The number of aliphatic hydroxyl groups excluding tert-OH is 1. The number of hydrogen-bond acceptors (Lipinski definition) is 5. The van der Waals surface area contributed by atoms with Crippen LogP contribution in [0.25, 0.3) is 0 Å². The van der Waals surface area contributed by atoms with Crippen molar-refractivity contribution in [1.82, 2.24) is 4.72 Å². The molecule has 0 aliphatic heterocycles. The number of aliphatic hydroxyl groups is 1. The van der Waals surface area contributed by atoms with E-state index in [-0.39, 0.29) is 17.9 Å². The van der Waals surface area contributed by atoms with E-state index in [1.54, 1.807) is 19.9 Å². The van der Waals surface area contributed by atoms with Gasteiger partial charge in [-0.1, -0.05) is 25.1 Å². The first-order valence-electron chi connectivity index (χ1n) is 6.08. The fourth-order valence-electron chi connectivity index (χ4n) is 1.64. The van der Waals surface area contributed by atoms with Gasteiger partial charge in [0.25, 0.3) is 5.69 Å². The first kappa shape index (κ1) is 16.5. The zero-order valence-corrected chi connectivity index (χ0v) is 12.2. The molecule has 112 valence electrons. The molecule has 7 nitrogen and oxygen atoms in total. The lowest BCUT2D eigenvalue weighted by atomic mass is 10.0. The number of nitrogens with zero attached hydrogens (tertiary/aromatic N) is 1. The van der Waals surface area contributed by atoms with Gasteiger partial charge < -0.3 is 5.11 Å². The summed E-state index contributed by atoms with van der Waals surface area (Å²) in [6.07, 6.45) is 0.402. The summed E-state index contributed by atoms with van der Waals surface area (Å²) >= 11 is 0. The van der Waals surface area contributed by atoms with Crippen molar-refractivity contribution in [2.24, 2.45) is 0 Å². The van der Waals surface area contributed by atoms with E-state index in [4.69, 9.17) is 0 Å². The number of sulfonamides is 1. The Hall–Kier alpha value is -1.51. The summed E-state index contributed by atoms with van der Waals surface area (Å²) in [5.74, 6) is -0.500. The highest BCUT2D eigenvalue weighted by Gasteiger charge is 2.29. The van der Waals surface area contributed by atoms with Gasteiger partial charge in [-0.25, -0.2) is 13.1 Å². The van der Waals surface area contributed by atoms with Gasteiger partial charge in [0, 0.05) is 11.6 Å². The van der Waals surface area contributed by atoms with Crippen LogP contribution in [0.3, 0.4) is 0 Å². The Bertz CT molecular complexity index is 581. The molecule has 0 radical (unpaired) electrons. The molecular weight excluding hydrogens is 284 g/mol. The fourth-order valence-corrected chi connectivity index (χ4v) is 3.33. The van der Waals surface area contributed by atoms with Crippen molar-refractivity contribution >= 4 is 15.7 Å². The van der Waals surface area contributed by atoms with Crippen LogP contribution in [-0.4, -0.2) is 30.6 Å². The van der Waals surface area contributed by atoms with Crippen molar-refractivity contribution in [3.05, 3.63) is 39.9 Å². The molecule has 0 amide bonds. The Labute approximate surface area is 117 Å². The van der Waals surface area contributed by atoms with Gasteiger partial charge in [-0.2, -0.15) is 0 Å². The predicted octanol–water partition coefficient (Wildman–Crippen LogP) is 1.18. The van der Waals surface area contributed by atoms with E-state index in [0.717, 1.165) is 0 Å². The minimum atomic E-state index is -3.79. The lowest BCUT2D eigenvalue weighted by molar-refractivity contribution is -0.385. The molecule has 0 heterocycles. The summed E-state index contributed by atoms with van der Waals surface area (Å²) in [5.41, 5.74) is -1.09. The van der Waals surface area contributed by atoms with Gasteiger partial charge in [0.15, 0.2) is 0 Å². The number of para-hydroxylation sites is 1. The van der Waals surface area contributed by atoms with Crippen molar-refractivity contribution in [1.29, 1.82) is 0 Å². The van der Waals surface area contributed by atoms with E-state index >= 15 is 0 Å². The highest BCUT2D eigenvalue weighted by molar-refractivity contribution is 7.88. The molecule has 2 N–H and O–H groups in total. The third-order valence-corrected chi connectivity index (χ3v) is 4.56. The van der Waals surface area contributed by atoms with Gasteiger partial charge in [0.1, 0.15) is 0 Å². The second-order valence-electron chi connectivity index (χ2n) is 4.82. The van der Waals surface area contributed by atoms with Crippen molar-refractivity contribution in [2.75, 3.05) is 6.61 Å². The highest BCUT2D eigenvalue weighted by atomic mass is 32.2. The minimum absolute atomic E-state index is 0.112. The summed E-state index contributed by atoms with van der Waals surface area (Å²) < 4.78 is 26.5. The Morgan fingerprint density at radius 1 is 1.40 bits per heavy atom. The van der Waals surface area contributed by atoms with Crippen LogP contribution in [0, 0.1) is 10.1 Å². The maximum atomic E-state index is 12.1. The standard InChI is InChI=1S/C12H18N2O5S/c1-3-12(2,9-15)13-20(18,19)8-10-6-4-5-7-11(10)14(16)17/h4-7,13,15H,3,8-9H2,1-2H3. The van der Waals surface area contributed by atoms with Crippen LogP contribution < -0.4 is 4.72 Å². The van der Waals surface area contributed by atoms with Gasteiger partial charge >= 0.3 is 0 Å². The largest absolute Gasteiger partial charge is 0.394 e. The van der Waals surface area contributed by atoms with Crippen molar-refractivity contribution < 1.29 is 18.4 Å². The van der Waals surface area contributed by atoms with Gasteiger partial charge in [-0.15, -0.1) is 0 Å². The zero-order chi connectivity index (χ0) is 15.4. The molecule has 20 heavy (non-hydrogen) atoms. The molecule has 0 saturated carbocycles. The van der Waals surface area contributed by atoms with E-state index < -0.39 is 26.2 Å². The van der Waals surface area contributed by atoms with Crippen LogP contribution in [0.15, 0.2) is 24.3 Å². The van der Waals surface area contributed by atoms with Gasteiger partial charge in [-0.05, 0) is 13.3 Å². The molecule has 8 heteroatoms. The third kappa shape index (κ3) is 4.26. The Morgan fingerprint density at radius 3 is 2.50 bits per heavy atom. The van der Waals surface area contributed by atoms with E-state index in [0.29, 0.717) is 6.42 Å². The molecule has 0 aliphatic rings. The maximum Gasteiger partial charge on any atom is 0.273 e. The molecule has 0 aliphatic carbocycles. The predicted molar refractivity (Wildman–Crippen MR) is 74.6 cm³/mol. The maximum absolute atomic E-state index is 12.1. The lowest BCUT2D eigenvalue weighted by Gasteiger charge is -2.26. The van der Waals surface area contributed by atoms with Crippen LogP contribution in [0.1, 0.15) is 25.8 Å². The number of nitrogens with one attached hydrogen (secondary N) is 1. The first-order chi connectivity index (χ1) is 9.23. The quantitative estimate of drug-likeness (QED) is 0.580. The van der Waals surface area contributed by atoms with E-state index in [1.165, 1.54) is 18.2 Å². The summed E-state index contributed by atoms with van der Waals surface area (Å²) in [5, 5.41) is 20.1. The molecule has 0 fully saturated rings. The normalized spacial score (nSPS) is 14.8. The molecule has 0 aromatic heterocycles. The number of rotatable bonds is 7. The van der Waals surface area contributed by atoms with Crippen molar-refractivity contribution in [3.63, 3.8) is 0 Å². The number of nitro groups is 1. The molecular formula is C12H18N2O5S. The van der Waals surface area contributed by atoms with Gasteiger partial charge in [-0.3, -0.25) is 10.1 Å². The fraction of sp³-hybridized carbons (Fsp3) is 0.500. The minimum Gasteiger partial charge on any atom is -0.394 e. The number of hydrogen-bond donors (Lipinski definition) is 2. The molecule has 0 saturated heterocycles. The van der Waals surface area contributed by atoms with Crippen molar-refractivity contribution in [2.45, 2.75) is 31.6 Å². The van der Waals surface area contributed by atoms with E-state index in [1.807, 2.05) is 0 Å².